The lowest BCUT2D eigenvalue weighted by Gasteiger charge is -2.16. The summed E-state index contributed by atoms with van der Waals surface area (Å²) in [6.45, 7) is 2.50. The zero-order valence-electron chi connectivity index (χ0n) is 15.4. The standard InChI is InChI=1S/C19H20N4O5/c1-11-7-17(23-28-11)22-18(25)10-27-19(26)16(21-12(2)24)8-13-9-20-15-6-4-3-5-14(13)15/h3-7,9,16,20H,8,10H2,1-2H3,(H,21,24)(H,22,23,25)/t16-/m1/s1. The van der Waals surface area contributed by atoms with Gasteiger partial charge in [-0.05, 0) is 18.6 Å². The van der Waals surface area contributed by atoms with E-state index in [-0.39, 0.29) is 18.1 Å². The van der Waals surface area contributed by atoms with Gasteiger partial charge in [-0.3, -0.25) is 9.59 Å². The summed E-state index contributed by atoms with van der Waals surface area (Å²) in [5.41, 5.74) is 1.78. The van der Waals surface area contributed by atoms with Crippen LogP contribution in [0.25, 0.3) is 10.9 Å². The number of benzene rings is 1. The van der Waals surface area contributed by atoms with Crippen molar-refractivity contribution in [3.05, 3.63) is 47.9 Å². The number of nitrogens with one attached hydrogen (secondary N) is 3. The van der Waals surface area contributed by atoms with Crippen molar-refractivity contribution in [3.8, 4) is 0 Å². The number of aromatic nitrogens is 2. The number of hydrogen-bond acceptors (Lipinski definition) is 6. The number of aromatic amines is 1. The van der Waals surface area contributed by atoms with E-state index in [0.29, 0.717) is 5.76 Å². The van der Waals surface area contributed by atoms with E-state index in [1.807, 2.05) is 24.3 Å². The molecule has 28 heavy (non-hydrogen) atoms. The molecule has 0 aliphatic carbocycles. The molecule has 3 rings (SSSR count). The number of ether oxygens (including phenoxy) is 1. The molecule has 1 aromatic carbocycles. The van der Waals surface area contributed by atoms with Crippen LogP contribution in [0.3, 0.4) is 0 Å². The molecule has 9 heteroatoms. The van der Waals surface area contributed by atoms with E-state index < -0.39 is 24.5 Å². The van der Waals surface area contributed by atoms with Crippen LogP contribution in [0.5, 0.6) is 0 Å². The number of aryl methyl sites for hydroxylation is 1. The summed E-state index contributed by atoms with van der Waals surface area (Å²) in [5, 5.41) is 9.60. The van der Waals surface area contributed by atoms with Crippen LogP contribution in [-0.2, 0) is 25.5 Å². The van der Waals surface area contributed by atoms with E-state index in [2.05, 4.69) is 20.8 Å². The van der Waals surface area contributed by atoms with Gasteiger partial charge in [-0.25, -0.2) is 4.79 Å². The van der Waals surface area contributed by atoms with Gasteiger partial charge in [0.2, 0.25) is 5.91 Å². The van der Waals surface area contributed by atoms with Crippen molar-refractivity contribution < 1.29 is 23.6 Å². The van der Waals surface area contributed by atoms with Gasteiger partial charge in [0.25, 0.3) is 5.91 Å². The van der Waals surface area contributed by atoms with Gasteiger partial charge in [-0.1, -0.05) is 23.4 Å². The molecule has 0 saturated heterocycles. The smallest absolute Gasteiger partial charge is 0.329 e. The molecule has 2 amide bonds. The largest absolute Gasteiger partial charge is 0.454 e. The quantitative estimate of drug-likeness (QED) is 0.532. The zero-order chi connectivity index (χ0) is 20.1. The highest BCUT2D eigenvalue weighted by molar-refractivity contribution is 5.93. The average Bonchev–Trinajstić information content (AvgIpc) is 3.25. The van der Waals surface area contributed by atoms with E-state index in [9.17, 15) is 14.4 Å². The zero-order valence-corrected chi connectivity index (χ0v) is 15.4. The summed E-state index contributed by atoms with van der Waals surface area (Å²) in [5.74, 6) is -0.862. The third-order valence-electron chi connectivity index (χ3n) is 4.00. The normalized spacial score (nSPS) is 11.8. The highest BCUT2D eigenvalue weighted by atomic mass is 16.5. The van der Waals surface area contributed by atoms with Crippen molar-refractivity contribution in [2.45, 2.75) is 26.3 Å². The number of nitrogens with zero attached hydrogens (tertiary/aromatic N) is 1. The van der Waals surface area contributed by atoms with Gasteiger partial charge in [0.1, 0.15) is 11.8 Å². The Balaban J connectivity index is 1.62. The number of H-pyrrole nitrogens is 1. The van der Waals surface area contributed by atoms with Crippen LogP contribution in [0.15, 0.2) is 41.1 Å². The van der Waals surface area contributed by atoms with Gasteiger partial charge >= 0.3 is 5.97 Å². The van der Waals surface area contributed by atoms with Crippen molar-refractivity contribution in [1.82, 2.24) is 15.5 Å². The fourth-order valence-electron chi connectivity index (χ4n) is 2.80. The molecule has 3 aromatic rings. The summed E-state index contributed by atoms with van der Waals surface area (Å²) < 4.78 is 9.92. The summed E-state index contributed by atoms with van der Waals surface area (Å²) in [7, 11) is 0. The van der Waals surface area contributed by atoms with Crippen molar-refractivity contribution in [1.29, 1.82) is 0 Å². The number of esters is 1. The predicted octanol–water partition coefficient (Wildman–Crippen LogP) is 1.69. The molecule has 1 atom stereocenters. The van der Waals surface area contributed by atoms with E-state index in [0.717, 1.165) is 16.5 Å². The summed E-state index contributed by atoms with van der Waals surface area (Å²) >= 11 is 0. The molecule has 0 aliphatic heterocycles. The van der Waals surface area contributed by atoms with Gasteiger partial charge in [0.05, 0.1) is 0 Å². The molecular formula is C19H20N4O5. The molecule has 0 bridgehead atoms. The molecule has 0 saturated carbocycles. The first-order valence-corrected chi connectivity index (χ1v) is 8.64. The first-order chi connectivity index (χ1) is 13.4. The number of carbonyl (C=O) groups is 3. The van der Waals surface area contributed by atoms with Crippen LogP contribution >= 0.6 is 0 Å². The third kappa shape index (κ3) is 4.76. The lowest BCUT2D eigenvalue weighted by molar-refractivity contribution is -0.150. The van der Waals surface area contributed by atoms with Crippen LogP contribution < -0.4 is 10.6 Å². The fraction of sp³-hybridized carbons (Fsp3) is 0.263. The summed E-state index contributed by atoms with van der Waals surface area (Å²) in [6, 6.07) is 8.25. The molecule has 0 aliphatic rings. The van der Waals surface area contributed by atoms with Gasteiger partial charge in [0.15, 0.2) is 12.4 Å². The van der Waals surface area contributed by atoms with Gasteiger partial charge in [-0.15, -0.1) is 0 Å². The van der Waals surface area contributed by atoms with Crippen molar-refractivity contribution in [3.63, 3.8) is 0 Å². The Morgan fingerprint density at radius 1 is 1.29 bits per heavy atom. The number of para-hydroxylation sites is 1. The third-order valence-corrected chi connectivity index (χ3v) is 4.00. The number of anilines is 1. The number of fused-ring (bicyclic) bond motifs is 1. The maximum absolute atomic E-state index is 12.4. The van der Waals surface area contributed by atoms with Crippen molar-refractivity contribution in [2.24, 2.45) is 0 Å². The number of amides is 2. The number of carbonyl (C=O) groups excluding carboxylic acids is 3. The highest BCUT2D eigenvalue weighted by Crippen LogP contribution is 2.19. The Labute approximate surface area is 160 Å². The predicted molar refractivity (Wildman–Crippen MR) is 100 cm³/mol. The minimum absolute atomic E-state index is 0.229. The molecule has 2 heterocycles. The van der Waals surface area contributed by atoms with E-state index >= 15 is 0 Å². The molecule has 0 radical (unpaired) electrons. The minimum Gasteiger partial charge on any atom is -0.454 e. The SMILES string of the molecule is CC(=O)N[C@H](Cc1c[nH]c2ccccc12)C(=O)OCC(=O)Nc1cc(C)on1. The fourth-order valence-corrected chi connectivity index (χ4v) is 2.80. The van der Waals surface area contributed by atoms with Gasteiger partial charge in [-0.2, -0.15) is 0 Å². The van der Waals surface area contributed by atoms with E-state index in [1.165, 1.54) is 13.0 Å². The Kier molecular flexibility index (Phi) is 5.73. The molecule has 3 N–H and O–H groups in total. The van der Waals surface area contributed by atoms with E-state index in [1.54, 1.807) is 13.1 Å². The Hall–Kier alpha value is -3.62. The maximum Gasteiger partial charge on any atom is 0.329 e. The Morgan fingerprint density at radius 3 is 2.79 bits per heavy atom. The Bertz CT molecular complexity index is 1010. The van der Waals surface area contributed by atoms with Gasteiger partial charge in [0, 0.05) is 36.5 Å². The van der Waals surface area contributed by atoms with Crippen molar-refractivity contribution in [2.75, 3.05) is 11.9 Å². The summed E-state index contributed by atoms with van der Waals surface area (Å²) in [6.07, 6.45) is 2.01. The molecule has 146 valence electrons. The minimum atomic E-state index is -0.918. The first kappa shape index (κ1) is 19.2. The topological polar surface area (TPSA) is 126 Å². The summed E-state index contributed by atoms with van der Waals surface area (Å²) in [4.78, 5) is 39.0. The van der Waals surface area contributed by atoms with Crippen LogP contribution in [0.1, 0.15) is 18.2 Å². The van der Waals surface area contributed by atoms with Crippen LogP contribution in [0, 0.1) is 6.92 Å². The highest BCUT2D eigenvalue weighted by Gasteiger charge is 2.24. The molecule has 0 unspecified atom stereocenters. The molecule has 0 spiro atoms. The Morgan fingerprint density at radius 2 is 2.07 bits per heavy atom. The second-order valence-corrected chi connectivity index (χ2v) is 6.30. The van der Waals surface area contributed by atoms with Crippen molar-refractivity contribution >= 4 is 34.5 Å². The molecule has 9 nitrogen and oxygen atoms in total. The lowest BCUT2D eigenvalue weighted by atomic mass is 10.0. The average molecular weight is 384 g/mol. The maximum atomic E-state index is 12.4. The molecule has 0 fully saturated rings. The van der Waals surface area contributed by atoms with Crippen LogP contribution in [0.2, 0.25) is 0 Å². The number of hydrogen-bond donors (Lipinski definition) is 3. The molecular weight excluding hydrogens is 364 g/mol. The second kappa shape index (κ2) is 8.38. The van der Waals surface area contributed by atoms with Crippen LogP contribution in [0.4, 0.5) is 5.82 Å². The van der Waals surface area contributed by atoms with Crippen LogP contribution in [-0.4, -0.2) is 40.6 Å². The van der Waals surface area contributed by atoms with E-state index in [4.69, 9.17) is 9.26 Å². The monoisotopic (exact) mass is 384 g/mol. The number of rotatable bonds is 7. The molecule has 2 aromatic heterocycles. The lowest BCUT2D eigenvalue weighted by Crippen LogP contribution is -2.43. The first-order valence-electron chi connectivity index (χ1n) is 8.64. The van der Waals surface area contributed by atoms with Gasteiger partial charge < -0.3 is 24.9 Å². The second-order valence-electron chi connectivity index (χ2n) is 6.30.